The van der Waals surface area contributed by atoms with Crippen LogP contribution in [0.5, 0.6) is 0 Å². The predicted molar refractivity (Wildman–Crippen MR) is 68.0 cm³/mol. The maximum absolute atomic E-state index is 12.0. The predicted octanol–water partition coefficient (Wildman–Crippen LogP) is 2.83. The smallest absolute Gasteiger partial charge is 0.176 e. The molecule has 0 aromatic heterocycles. The van der Waals surface area contributed by atoms with Gasteiger partial charge in [0.1, 0.15) is 0 Å². The number of rotatable bonds is 5. The van der Waals surface area contributed by atoms with Gasteiger partial charge in [0.15, 0.2) is 5.78 Å². The van der Waals surface area contributed by atoms with Gasteiger partial charge >= 0.3 is 0 Å². The molecule has 0 aliphatic heterocycles. The highest BCUT2D eigenvalue weighted by atomic mass is 16.1. The number of hydrogen-bond donors (Lipinski definition) is 0. The van der Waals surface area contributed by atoms with Crippen molar-refractivity contribution in [3.63, 3.8) is 0 Å². The van der Waals surface area contributed by atoms with Gasteiger partial charge in [0.2, 0.25) is 0 Å². The quantitative estimate of drug-likeness (QED) is 0.710. The number of nitrogens with zero attached hydrogens (tertiary/aromatic N) is 1. The molecule has 2 nitrogen and oxygen atoms in total. The van der Waals surface area contributed by atoms with Crippen LogP contribution in [0, 0.1) is 13.8 Å². The van der Waals surface area contributed by atoms with Gasteiger partial charge in [-0.3, -0.25) is 9.69 Å². The van der Waals surface area contributed by atoms with E-state index < -0.39 is 0 Å². The van der Waals surface area contributed by atoms with Crippen LogP contribution >= 0.6 is 0 Å². The minimum atomic E-state index is 0.207. The molecule has 0 spiro atoms. The second-order valence-corrected chi connectivity index (χ2v) is 4.46. The Kier molecular flexibility index (Phi) is 4.69. The molecular weight excluding hydrogens is 198 g/mol. The Balaban J connectivity index is 2.69. The summed E-state index contributed by atoms with van der Waals surface area (Å²) in [6.45, 7) is 7.71. The van der Waals surface area contributed by atoms with Crippen LogP contribution in [0.25, 0.3) is 0 Å². The minimum absolute atomic E-state index is 0.207. The molecule has 0 saturated heterocycles. The molecule has 0 fully saturated rings. The lowest BCUT2D eigenvalue weighted by molar-refractivity contribution is 0.0946. The Labute approximate surface area is 98.3 Å². The number of likely N-dealkylation sites (N-methyl/N-ethyl adjacent to an activating group) is 1. The van der Waals surface area contributed by atoms with E-state index in [1.54, 1.807) is 0 Å². The topological polar surface area (TPSA) is 20.3 Å². The summed E-state index contributed by atoms with van der Waals surface area (Å²) < 4.78 is 0. The van der Waals surface area contributed by atoms with E-state index in [9.17, 15) is 4.79 Å². The Bertz CT molecular complexity index is 371. The van der Waals surface area contributed by atoms with E-state index >= 15 is 0 Å². The van der Waals surface area contributed by atoms with Crippen molar-refractivity contribution >= 4 is 5.78 Å². The zero-order chi connectivity index (χ0) is 12.1. The molecule has 0 N–H and O–H groups in total. The van der Waals surface area contributed by atoms with Crippen molar-refractivity contribution in [2.24, 2.45) is 0 Å². The summed E-state index contributed by atoms with van der Waals surface area (Å²) >= 11 is 0. The van der Waals surface area contributed by atoms with Gasteiger partial charge in [0.25, 0.3) is 0 Å². The molecule has 0 amide bonds. The molecule has 2 heteroatoms. The number of carbonyl (C=O) groups excluding carboxylic acids is 1. The Morgan fingerprint density at radius 1 is 1.25 bits per heavy atom. The second kappa shape index (κ2) is 5.80. The summed E-state index contributed by atoms with van der Waals surface area (Å²) in [5, 5.41) is 0. The molecule has 0 heterocycles. The highest BCUT2D eigenvalue weighted by molar-refractivity contribution is 5.97. The first-order chi connectivity index (χ1) is 7.54. The number of carbonyl (C=O) groups is 1. The maximum atomic E-state index is 12.0. The molecule has 0 unspecified atom stereocenters. The molecule has 88 valence electrons. The van der Waals surface area contributed by atoms with Crippen LogP contribution in [-0.4, -0.2) is 30.8 Å². The van der Waals surface area contributed by atoms with E-state index in [2.05, 4.69) is 18.7 Å². The van der Waals surface area contributed by atoms with E-state index in [1.165, 1.54) is 11.1 Å². The summed E-state index contributed by atoms with van der Waals surface area (Å²) in [5.74, 6) is 0.207. The number of aryl methyl sites for hydroxylation is 2. The summed E-state index contributed by atoms with van der Waals surface area (Å²) in [7, 11) is 1.99. The van der Waals surface area contributed by atoms with E-state index in [0.29, 0.717) is 6.54 Å². The normalized spacial score (nSPS) is 10.8. The van der Waals surface area contributed by atoms with E-state index in [-0.39, 0.29) is 5.78 Å². The lowest BCUT2D eigenvalue weighted by atomic mass is 10.0. The minimum Gasteiger partial charge on any atom is -0.299 e. The molecule has 0 radical (unpaired) electrons. The number of Topliss-reactive ketones (excluding diaryl/α,β-unsaturated/α-hetero) is 1. The fourth-order valence-corrected chi connectivity index (χ4v) is 1.71. The summed E-state index contributed by atoms with van der Waals surface area (Å²) in [6.07, 6.45) is 1.08. The van der Waals surface area contributed by atoms with E-state index in [4.69, 9.17) is 0 Å². The van der Waals surface area contributed by atoms with Crippen LogP contribution < -0.4 is 0 Å². The lowest BCUT2D eigenvalue weighted by Gasteiger charge is -2.14. The van der Waals surface area contributed by atoms with Gasteiger partial charge in [-0.15, -0.1) is 0 Å². The molecule has 0 atom stereocenters. The first-order valence-corrected chi connectivity index (χ1v) is 5.83. The fraction of sp³-hybridized carbons (Fsp3) is 0.500. The highest BCUT2D eigenvalue weighted by Crippen LogP contribution is 2.10. The molecule has 0 aliphatic rings. The molecule has 0 bridgehead atoms. The average Bonchev–Trinajstić information content (AvgIpc) is 2.22. The third-order valence-corrected chi connectivity index (χ3v) is 2.85. The van der Waals surface area contributed by atoms with Crippen molar-refractivity contribution in [3.05, 3.63) is 34.9 Å². The first-order valence-electron chi connectivity index (χ1n) is 5.83. The third kappa shape index (κ3) is 3.46. The first kappa shape index (κ1) is 12.9. The summed E-state index contributed by atoms with van der Waals surface area (Å²) in [4.78, 5) is 14.0. The zero-order valence-corrected chi connectivity index (χ0v) is 10.7. The second-order valence-electron chi connectivity index (χ2n) is 4.46. The monoisotopic (exact) mass is 219 g/mol. The highest BCUT2D eigenvalue weighted by Gasteiger charge is 2.09. The van der Waals surface area contributed by atoms with Gasteiger partial charge < -0.3 is 0 Å². The molecule has 0 aliphatic carbocycles. The van der Waals surface area contributed by atoms with Crippen LogP contribution in [0.4, 0.5) is 0 Å². The molecule has 1 aromatic carbocycles. The Morgan fingerprint density at radius 3 is 2.50 bits per heavy atom. The molecular formula is C14H21NO. The number of hydrogen-bond acceptors (Lipinski definition) is 2. The summed E-state index contributed by atoms with van der Waals surface area (Å²) in [5.41, 5.74) is 3.24. The van der Waals surface area contributed by atoms with Crippen LogP contribution in [0.15, 0.2) is 18.2 Å². The van der Waals surface area contributed by atoms with E-state index in [0.717, 1.165) is 18.5 Å². The van der Waals surface area contributed by atoms with Gasteiger partial charge in [0, 0.05) is 5.56 Å². The van der Waals surface area contributed by atoms with Crippen molar-refractivity contribution in [2.45, 2.75) is 27.2 Å². The van der Waals surface area contributed by atoms with Crippen molar-refractivity contribution in [1.29, 1.82) is 0 Å². The van der Waals surface area contributed by atoms with E-state index in [1.807, 2.05) is 32.2 Å². The Morgan fingerprint density at radius 2 is 1.94 bits per heavy atom. The summed E-state index contributed by atoms with van der Waals surface area (Å²) in [6, 6.07) is 5.92. The Hall–Kier alpha value is -1.15. The molecule has 16 heavy (non-hydrogen) atoms. The molecule has 0 saturated carbocycles. The van der Waals surface area contributed by atoms with Gasteiger partial charge in [0.05, 0.1) is 6.54 Å². The van der Waals surface area contributed by atoms with Gasteiger partial charge in [-0.05, 0) is 51.1 Å². The number of ketones is 1. The van der Waals surface area contributed by atoms with Gasteiger partial charge in [-0.1, -0.05) is 19.1 Å². The standard InChI is InChI=1S/C14H21NO/c1-5-8-15(4)10-14(16)13-7-6-11(2)12(3)9-13/h6-7,9H,5,8,10H2,1-4H3. The van der Waals surface area contributed by atoms with Crippen molar-refractivity contribution < 1.29 is 4.79 Å². The SMILES string of the molecule is CCCN(C)CC(=O)c1ccc(C)c(C)c1. The van der Waals surface area contributed by atoms with Crippen molar-refractivity contribution in [1.82, 2.24) is 4.90 Å². The third-order valence-electron chi connectivity index (χ3n) is 2.85. The van der Waals surface area contributed by atoms with Crippen LogP contribution in [0.2, 0.25) is 0 Å². The average molecular weight is 219 g/mol. The van der Waals surface area contributed by atoms with Gasteiger partial charge in [-0.2, -0.15) is 0 Å². The lowest BCUT2D eigenvalue weighted by Crippen LogP contribution is -2.26. The van der Waals surface area contributed by atoms with Gasteiger partial charge in [-0.25, -0.2) is 0 Å². The zero-order valence-electron chi connectivity index (χ0n) is 10.7. The maximum Gasteiger partial charge on any atom is 0.176 e. The van der Waals surface area contributed by atoms with Crippen LogP contribution in [0.3, 0.4) is 0 Å². The van der Waals surface area contributed by atoms with Crippen molar-refractivity contribution in [2.75, 3.05) is 20.1 Å². The molecule has 1 rings (SSSR count). The van der Waals surface area contributed by atoms with Crippen molar-refractivity contribution in [3.8, 4) is 0 Å². The van der Waals surface area contributed by atoms with Crippen LogP contribution in [0.1, 0.15) is 34.8 Å². The fourth-order valence-electron chi connectivity index (χ4n) is 1.71. The van der Waals surface area contributed by atoms with Crippen LogP contribution in [-0.2, 0) is 0 Å². The number of benzene rings is 1. The molecule has 1 aromatic rings. The largest absolute Gasteiger partial charge is 0.299 e.